The molecule has 0 saturated carbocycles. The summed E-state index contributed by atoms with van der Waals surface area (Å²) in [6.45, 7) is 0. The minimum Gasteiger partial charge on any atom is -0.493 e. The van der Waals surface area contributed by atoms with Crippen molar-refractivity contribution in [3.8, 4) is 11.5 Å². The lowest BCUT2D eigenvalue weighted by atomic mass is 10.0. The van der Waals surface area contributed by atoms with Crippen LogP contribution in [0, 0.1) is 0 Å². The summed E-state index contributed by atoms with van der Waals surface area (Å²) in [5, 5.41) is 6.96. The van der Waals surface area contributed by atoms with Gasteiger partial charge in [-0.25, -0.2) is 5.43 Å². The molecule has 3 aromatic rings. The van der Waals surface area contributed by atoms with E-state index >= 15 is 0 Å². The van der Waals surface area contributed by atoms with Gasteiger partial charge in [0.2, 0.25) is 5.91 Å². The number of benzene rings is 3. The van der Waals surface area contributed by atoms with Gasteiger partial charge in [-0.2, -0.15) is 5.10 Å². The Bertz CT molecular complexity index is 1070. The zero-order valence-corrected chi connectivity index (χ0v) is 17.9. The Balaban J connectivity index is 1.66. The molecule has 0 radical (unpaired) electrons. The van der Waals surface area contributed by atoms with Gasteiger partial charge in [0.25, 0.3) is 5.91 Å². The number of ether oxygens (including phenoxy) is 2. The van der Waals surface area contributed by atoms with E-state index in [9.17, 15) is 9.59 Å². The highest BCUT2D eigenvalue weighted by Crippen LogP contribution is 2.26. The number of nitrogens with one attached hydrogen (secondary N) is 2. The predicted molar refractivity (Wildman–Crippen MR) is 123 cm³/mol. The molecule has 0 bridgehead atoms. The number of rotatable bonds is 9. The normalized spacial score (nSPS) is 11.6. The molecule has 1 atom stereocenters. The number of nitrogens with zero attached hydrogens (tertiary/aromatic N) is 1. The molecule has 0 aliphatic rings. The van der Waals surface area contributed by atoms with Crippen LogP contribution in [0.2, 0.25) is 0 Å². The van der Waals surface area contributed by atoms with Gasteiger partial charge in [-0.05, 0) is 41.5 Å². The summed E-state index contributed by atoms with van der Waals surface area (Å²) < 4.78 is 10.5. The highest BCUT2D eigenvalue weighted by atomic mass is 16.5. The van der Waals surface area contributed by atoms with Gasteiger partial charge in [0.05, 0.1) is 32.9 Å². The van der Waals surface area contributed by atoms with Crippen LogP contribution >= 0.6 is 0 Å². The van der Waals surface area contributed by atoms with Crippen molar-refractivity contribution in [3.63, 3.8) is 0 Å². The van der Waals surface area contributed by atoms with Crippen molar-refractivity contribution in [2.24, 2.45) is 5.10 Å². The fourth-order valence-corrected chi connectivity index (χ4v) is 3.11. The Morgan fingerprint density at radius 2 is 1.56 bits per heavy atom. The van der Waals surface area contributed by atoms with Crippen molar-refractivity contribution in [1.29, 1.82) is 0 Å². The van der Waals surface area contributed by atoms with Gasteiger partial charge in [0, 0.05) is 5.56 Å². The van der Waals surface area contributed by atoms with Crippen molar-refractivity contribution in [2.45, 2.75) is 12.5 Å². The molecule has 0 saturated heterocycles. The van der Waals surface area contributed by atoms with Gasteiger partial charge < -0.3 is 14.8 Å². The number of hydrogen-bond acceptors (Lipinski definition) is 5. The molecule has 2 amide bonds. The van der Waals surface area contributed by atoms with E-state index in [1.54, 1.807) is 56.7 Å². The van der Waals surface area contributed by atoms with E-state index in [2.05, 4.69) is 15.8 Å². The van der Waals surface area contributed by atoms with E-state index < -0.39 is 6.04 Å². The SMILES string of the molecule is COc1ccc(/C=N\NC(=O)C[C@@H](NC(=O)c2ccccc2)c2ccccc2)cc1OC. The highest BCUT2D eigenvalue weighted by molar-refractivity contribution is 5.94. The molecule has 0 fully saturated rings. The van der Waals surface area contributed by atoms with Crippen LogP contribution in [0.15, 0.2) is 84.0 Å². The van der Waals surface area contributed by atoms with Gasteiger partial charge in [0.15, 0.2) is 11.5 Å². The van der Waals surface area contributed by atoms with E-state index in [0.29, 0.717) is 17.1 Å². The van der Waals surface area contributed by atoms with Crippen molar-refractivity contribution in [2.75, 3.05) is 14.2 Å². The first kappa shape index (κ1) is 22.6. The minimum absolute atomic E-state index is 0.0336. The predicted octanol–water partition coefficient (Wildman–Crippen LogP) is 3.72. The fraction of sp³-hybridized carbons (Fsp3) is 0.160. The molecule has 0 aromatic heterocycles. The average Bonchev–Trinajstić information content (AvgIpc) is 2.84. The van der Waals surface area contributed by atoms with E-state index in [-0.39, 0.29) is 18.2 Å². The summed E-state index contributed by atoms with van der Waals surface area (Å²) in [5.74, 6) is 0.592. The largest absolute Gasteiger partial charge is 0.493 e. The van der Waals surface area contributed by atoms with Crippen molar-refractivity contribution in [3.05, 3.63) is 95.6 Å². The minimum atomic E-state index is -0.500. The van der Waals surface area contributed by atoms with Crippen LogP contribution in [0.25, 0.3) is 0 Å². The molecule has 32 heavy (non-hydrogen) atoms. The molecule has 3 rings (SSSR count). The Morgan fingerprint density at radius 3 is 2.22 bits per heavy atom. The third kappa shape index (κ3) is 6.18. The lowest BCUT2D eigenvalue weighted by Crippen LogP contribution is -2.32. The molecular weight excluding hydrogens is 406 g/mol. The number of hydrogen-bond donors (Lipinski definition) is 2. The molecule has 0 aliphatic carbocycles. The maximum Gasteiger partial charge on any atom is 0.251 e. The second-order valence-corrected chi connectivity index (χ2v) is 6.91. The summed E-state index contributed by atoms with van der Waals surface area (Å²) >= 11 is 0. The van der Waals surface area contributed by atoms with E-state index in [1.165, 1.54) is 6.21 Å². The number of methoxy groups -OCH3 is 2. The van der Waals surface area contributed by atoms with Crippen molar-refractivity contribution in [1.82, 2.24) is 10.7 Å². The standard InChI is InChI=1S/C25H25N3O4/c1-31-22-14-13-18(15-23(22)32-2)17-26-28-24(29)16-21(19-9-5-3-6-10-19)27-25(30)20-11-7-4-8-12-20/h3-15,17,21H,16H2,1-2H3,(H,27,30)(H,28,29)/b26-17-/t21-/m1/s1. The molecule has 7 heteroatoms. The zero-order chi connectivity index (χ0) is 22.8. The smallest absolute Gasteiger partial charge is 0.251 e. The maximum atomic E-state index is 12.6. The number of carbonyl (C=O) groups is 2. The molecule has 3 aromatic carbocycles. The lowest BCUT2D eigenvalue weighted by molar-refractivity contribution is -0.121. The summed E-state index contributed by atoms with van der Waals surface area (Å²) in [4.78, 5) is 25.2. The van der Waals surface area contributed by atoms with Crippen molar-refractivity contribution >= 4 is 18.0 Å². The van der Waals surface area contributed by atoms with Crippen LogP contribution in [-0.4, -0.2) is 32.2 Å². The monoisotopic (exact) mass is 431 g/mol. The van der Waals surface area contributed by atoms with E-state index in [1.807, 2.05) is 36.4 Å². The Kier molecular flexibility index (Phi) is 7.97. The molecule has 164 valence electrons. The highest BCUT2D eigenvalue weighted by Gasteiger charge is 2.19. The van der Waals surface area contributed by atoms with Crippen LogP contribution < -0.4 is 20.2 Å². The summed E-state index contributed by atoms with van der Waals surface area (Å²) in [7, 11) is 3.11. The van der Waals surface area contributed by atoms with Crippen LogP contribution in [-0.2, 0) is 4.79 Å². The number of hydrazone groups is 1. The second kappa shape index (κ2) is 11.3. The number of carbonyl (C=O) groups excluding carboxylic acids is 2. The lowest BCUT2D eigenvalue weighted by Gasteiger charge is -2.18. The topological polar surface area (TPSA) is 89.0 Å². The average molecular weight is 431 g/mol. The first-order chi connectivity index (χ1) is 15.6. The molecule has 7 nitrogen and oxygen atoms in total. The van der Waals surface area contributed by atoms with Gasteiger partial charge in [-0.3, -0.25) is 9.59 Å². The molecular formula is C25H25N3O4. The zero-order valence-electron chi connectivity index (χ0n) is 17.9. The van der Waals surface area contributed by atoms with Gasteiger partial charge in [-0.15, -0.1) is 0 Å². The molecule has 2 N–H and O–H groups in total. The van der Waals surface area contributed by atoms with Crippen LogP contribution in [0.3, 0.4) is 0 Å². The summed E-state index contributed by atoms with van der Waals surface area (Å²) in [6, 6.07) is 23.0. The molecule has 0 heterocycles. The maximum absolute atomic E-state index is 12.6. The van der Waals surface area contributed by atoms with Gasteiger partial charge >= 0.3 is 0 Å². The summed E-state index contributed by atoms with van der Waals surface area (Å²) in [5.41, 5.74) is 4.61. The second-order valence-electron chi connectivity index (χ2n) is 6.91. The first-order valence-corrected chi connectivity index (χ1v) is 10.1. The summed E-state index contributed by atoms with van der Waals surface area (Å²) in [6.07, 6.45) is 1.55. The first-order valence-electron chi connectivity index (χ1n) is 10.1. The molecule has 0 aliphatic heterocycles. The third-order valence-corrected chi connectivity index (χ3v) is 4.74. The Morgan fingerprint density at radius 1 is 0.906 bits per heavy atom. The van der Waals surface area contributed by atoms with Crippen LogP contribution in [0.5, 0.6) is 11.5 Å². The van der Waals surface area contributed by atoms with Crippen molar-refractivity contribution < 1.29 is 19.1 Å². The Hall–Kier alpha value is -4.13. The van der Waals surface area contributed by atoms with Gasteiger partial charge in [0.1, 0.15) is 0 Å². The molecule has 0 spiro atoms. The van der Waals surface area contributed by atoms with Crippen LogP contribution in [0.1, 0.15) is 33.9 Å². The van der Waals surface area contributed by atoms with E-state index in [0.717, 1.165) is 11.1 Å². The van der Waals surface area contributed by atoms with E-state index in [4.69, 9.17) is 9.47 Å². The quantitative estimate of drug-likeness (QED) is 0.399. The van der Waals surface area contributed by atoms with Crippen LogP contribution in [0.4, 0.5) is 0 Å². The molecule has 0 unspecified atom stereocenters. The number of amides is 2. The fourth-order valence-electron chi connectivity index (χ4n) is 3.11. The third-order valence-electron chi connectivity index (χ3n) is 4.74. The van der Waals surface area contributed by atoms with Gasteiger partial charge in [-0.1, -0.05) is 48.5 Å². The Labute approximate surface area is 187 Å².